The van der Waals surface area contributed by atoms with Gasteiger partial charge in [-0.1, -0.05) is 6.07 Å². The van der Waals surface area contributed by atoms with E-state index >= 15 is 0 Å². The molecule has 1 aliphatic carbocycles. The highest BCUT2D eigenvalue weighted by atomic mass is 16.5. The maximum absolute atomic E-state index is 13.2. The van der Waals surface area contributed by atoms with Gasteiger partial charge in [-0.3, -0.25) is 29.6 Å². The van der Waals surface area contributed by atoms with Gasteiger partial charge in [0.1, 0.15) is 0 Å². The molecule has 0 atom stereocenters. The molecule has 37 heavy (non-hydrogen) atoms. The van der Waals surface area contributed by atoms with Crippen molar-refractivity contribution in [2.24, 2.45) is 5.92 Å². The minimum absolute atomic E-state index is 0.0407. The molecule has 4 aromatic rings. The Morgan fingerprint density at radius 1 is 0.973 bits per heavy atom. The van der Waals surface area contributed by atoms with Crippen LogP contribution in [0.4, 0.5) is 11.4 Å². The molecule has 1 saturated heterocycles. The number of nitrogens with zero attached hydrogens (tertiary/aromatic N) is 4. The van der Waals surface area contributed by atoms with Gasteiger partial charge in [0.25, 0.3) is 5.91 Å². The number of rotatable bonds is 7. The summed E-state index contributed by atoms with van der Waals surface area (Å²) in [6.07, 6.45) is 8.61. The lowest BCUT2D eigenvalue weighted by Crippen LogP contribution is -2.35. The Kier molecular flexibility index (Phi) is 6.33. The van der Waals surface area contributed by atoms with Crippen molar-refractivity contribution in [1.29, 1.82) is 0 Å². The molecule has 2 fully saturated rings. The molecule has 2 aliphatic rings. The Morgan fingerprint density at radius 2 is 1.84 bits per heavy atom. The van der Waals surface area contributed by atoms with Crippen LogP contribution < -0.4 is 10.6 Å². The van der Waals surface area contributed by atoms with Gasteiger partial charge in [0.15, 0.2) is 5.69 Å². The van der Waals surface area contributed by atoms with Gasteiger partial charge >= 0.3 is 0 Å². The van der Waals surface area contributed by atoms with E-state index in [0.29, 0.717) is 16.8 Å². The summed E-state index contributed by atoms with van der Waals surface area (Å²) in [7, 11) is 0. The molecule has 3 aromatic heterocycles. The number of amides is 2. The molecule has 4 heterocycles. The maximum atomic E-state index is 13.2. The number of aromatic amines is 1. The number of ether oxygens (including phenoxy) is 1. The fourth-order valence-corrected chi connectivity index (χ4v) is 4.48. The summed E-state index contributed by atoms with van der Waals surface area (Å²) < 4.78 is 5.45. The van der Waals surface area contributed by atoms with Crippen LogP contribution in [0.3, 0.4) is 0 Å². The summed E-state index contributed by atoms with van der Waals surface area (Å²) in [5, 5.41) is 13.6. The topological polar surface area (TPSA) is 125 Å². The second kappa shape index (κ2) is 10.1. The molecule has 188 valence electrons. The number of benzene rings is 1. The number of hydrogen-bond donors (Lipinski definition) is 3. The number of carbonyl (C=O) groups is 2. The van der Waals surface area contributed by atoms with E-state index < -0.39 is 5.91 Å². The summed E-state index contributed by atoms with van der Waals surface area (Å²) in [4.78, 5) is 36.4. The number of nitrogens with one attached hydrogen (secondary N) is 3. The molecule has 0 spiro atoms. The lowest BCUT2D eigenvalue weighted by Gasteiger charge is -2.26. The maximum Gasteiger partial charge on any atom is 0.276 e. The lowest BCUT2D eigenvalue weighted by atomic mass is 10.0. The third-order valence-corrected chi connectivity index (χ3v) is 6.69. The normalized spacial score (nSPS) is 16.0. The number of hydrogen-bond acceptors (Lipinski definition) is 7. The molecule has 10 nitrogen and oxygen atoms in total. The van der Waals surface area contributed by atoms with Crippen LogP contribution in [0, 0.1) is 5.92 Å². The van der Waals surface area contributed by atoms with Crippen LogP contribution in [0.15, 0.2) is 55.1 Å². The second-order valence-corrected chi connectivity index (χ2v) is 9.44. The third kappa shape index (κ3) is 5.20. The molecule has 3 N–H and O–H groups in total. The predicted octanol–water partition coefficient (Wildman–Crippen LogP) is 3.45. The van der Waals surface area contributed by atoms with E-state index in [1.165, 1.54) is 6.20 Å². The molecule has 6 rings (SSSR count). The minimum atomic E-state index is -0.391. The summed E-state index contributed by atoms with van der Waals surface area (Å²) in [5.74, 6) is -0.384. The Balaban J connectivity index is 1.23. The van der Waals surface area contributed by atoms with E-state index in [0.717, 1.165) is 67.9 Å². The number of anilines is 2. The highest BCUT2D eigenvalue weighted by molar-refractivity contribution is 6.13. The zero-order chi connectivity index (χ0) is 25.2. The Labute approximate surface area is 213 Å². The van der Waals surface area contributed by atoms with Crippen LogP contribution >= 0.6 is 0 Å². The van der Waals surface area contributed by atoms with Crippen LogP contribution in [0.1, 0.15) is 28.9 Å². The minimum Gasteiger partial charge on any atom is -0.379 e. The van der Waals surface area contributed by atoms with Gasteiger partial charge < -0.3 is 15.4 Å². The molecule has 2 amide bonds. The molecule has 1 aromatic carbocycles. The fraction of sp³-hybridized carbons (Fsp3) is 0.296. The van der Waals surface area contributed by atoms with Gasteiger partial charge in [-0.2, -0.15) is 5.10 Å². The number of carbonyl (C=O) groups excluding carboxylic acids is 2. The first-order valence-electron chi connectivity index (χ1n) is 12.4. The first-order chi connectivity index (χ1) is 18.1. The molecule has 0 unspecified atom stereocenters. The monoisotopic (exact) mass is 497 g/mol. The van der Waals surface area contributed by atoms with Crippen LogP contribution in [0.5, 0.6) is 0 Å². The summed E-state index contributed by atoms with van der Waals surface area (Å²) in [6, 6.07) is 9.66. The highest BCUT2D eigenvalue weighted by Crippen LogP contribution is 2.32. The Morgan fingerprint density at radius 3 is 2.68 bits per heavy atom. The number of aromatic nitrogens is 4. The smallest absolute Gasteiger partial charge is 0.276 e. The molecule has 0 bridgehead atoms. The van der Waals surface area contributed by atoms with Gasteiger partial charge in [-0.15, -0.1) is 0 Å². The fourth-order valence-electron chi connectivity index (χ4n) is 4.48. The van der Waals surface area contributed by atoms with Crippen molar-refractivity contribution < 1.29 is 14.3 Å². The Bertz CT molecular complexity index is 1460. The number of morpholine rings is 1. The largest absolute Gasteiger partial charge is 0.379 e. The third-order valence-electron chi connectivity index (χ3n) is 6.69. The lowest BCUT2D eigenvalue weighted by molar-refractivity contribution is -0.117. The second-order valence-electron chi connectivity index (χ2n) is 9.44. The van der Waals surface area contributed by atoms with E-state index in [-0.39, 0.29) is 17.5 Å². The van der Waals surface area contributed by atoms with Crippen molar-refractivity contribution in [3.05, 3.63) is 66.4 Å². The molecule has 0 radical (unpaired) electrons. The van der Waals surface area contributed by atoms with E-state index in [2.05, 4.69) is 41.8 Å². The average molecular weight is 498 g/mol. The highest BCUT2D eigenvalue weighted by Gasteiger charge is 2.30. The van der Waals surface area contributed by atoms with Gasteiger partial charge in [0, 0.05) is 55.1 Å². The van der Waals surface area contributed by atoms with Crippen LogP contribution in [-0.2, 0) is 16.1 Å². The first-order valence-corrected chi connectivity index (χ1v) is 12.4. The van der Waals surface area contributed by atoms with Crippen molar-refractivity contribution in [2.45, 2.75) is 19.4 Å². The Hall–Kier alpha value is -4.15. The van der Waals surface area contributed by atoms with Crippen molar-refractivity contribution in [2.75, 3.05) is 36.9 Å². The standard InChI is InChI=1S/C27H27N7O3/c35-26(18-1-2-18)30-23-5-6-28-15-24(23)31-27(36)25-21-12-19(3-4-22(21)32-33-25)20-11-17(13-29-14-20)16-34-7-9-37-10-8-34/h3-6,11-15,18H,1-2,7-10,16H2,(H,31,36)(H,32,33)(H,28,30,35). The quantitative estimate of drug-likeness (QED) is 0.357. The zero-order valence-electron chi connectivity index (χ0n) is 20.2. The molecule has 1 aliphatic heterocycles. The average Bonchev–Trinajstić information content (AvgIpc) is 3.69. The molecular formula is C27H27N7O3. The van der Waals surface area contributed by atoms with Gasteiger partial charge in [0.2, 0.25) is 5.91 Å². The number of pyridine rings is 2. The zero-order valence-corrected chi connectivity index (χ0v) is 20.2. The van der Waals surface area contributed by atoms with Crippen LogP contribution in [0.25, 0.3) is 22.0 Å². The van der Waals surface area contributed by atoms with Crippen LogP contribution in [0.2, 0.25) is 0 Å². The van der Waals surface area contributed by atoms with Crippen molar-refractivity contribution in [3.8, 4) is 11.1 Å². The molecule has 10 heteroatoms. The number of fused-ring (bicyclic) bond motifs is 1. The van der Waals surface area contributed by atoms with E-state index in [4.69, 9.17) is 4.74 Å². The van der Waals surface area contributed by atoms with Gasteiger partial charge in [-0.25, -0.2) is 0 Å². The summed E-state index contributed by atoms with van der Waals surface area (Å²) in [6.45, 7) is 4.14. The van der Waals surface area contributed by atoms with Crippen LogP contribution in [-0.4, -0.2) is 63.2 Å². The van der Waals surface area contributed by atoms with Gasteiger partial charge in [0.05, 0.1) is 36.3 Å². The summed E-state index contributed by atoms with van der Waals surface area (Å²) >= 11 is 0. The summed E-state index contributed by atoms with van der Waals surface area (Å²) in [5.41, 5.74) is 4.99. The first kappa shape index (κ1) is 23.3. The molecular weight excluding hydrogens is 470 g/mol. The predicted molar refractivity (Wildman–Crippen MR) is 139 cm³/mol. The number of H-pyrrole nitrogens is 1. The van der Waals surface area contributed by atoms with Crippen molar-refractivity contribution in [3.63, 3.8) is 0 Å². The van der Waals surface area contributed by atoms with E-state index in [1.54, 1.807) is 12.3 Å². The molecule has 1 saturated carbocycles. The van der Waals surface area contributed by atoms with E-state index in [9.17, 15) is 9.59 Å². The van der Waals surface area contributed by atoms with E-state index in [1.807, 2.05) is 30.6 Å². The SMILES string of the molecule is O=C(Nc1cnccc1NC(=O)C1CC1)c1n[nH]c2ccc(-c3cncc(CN4CCOCC4)c3)cc12. The van der Waals surface area contributed by atoms with Crippen molar-refractivity contribution in [1.82, 2.24) is 25.1 Å². The van der Waals surface area contributed by atoms with Gasteiger partial charge in [-0.05, 0) is 48.2 Å². The van der Waals surface area contributed by atoms with Crippen molar-refractivity contribution >= 4 is 34.1 Å².